The molecule has 0 saturated heterocycles. The highest BCUT2D eigenvalue weighted by molar-refractivity contribution is 5.75. The van der Waals surface area contributed by atoms with Gasteiger partial charge in [-0.05, 0) is 41.7 Å². The lowest BCUT2D eigenvalue weighted by Gasteiger charge is -2.19. The number of hydrogen-bond donors (Lipinski definition) is 4. The van der Waals surface area contributed by atoms with E-state index in [1.165, 1.54) is 5.48 Å². The molecule has 7 nitrogen and oxygen atoms in total. The van der Waals surface area contributed by atoms with Gasteiger partial charge in [0.15, 0.2) is 0 Å². The van der Waals surface area contributed by atoms with Crippen molar-refractivity contribution < 1.29 is 19.9 Å². The maximum Gasteiger partial charge on any atom is 0.421 e. The number of carboxylic acid groups (broad SMARTS) is 1. The normalized spacial score (nSPS) is 9.32. The monoisotopic (exact) mass is 377 g/mol. The van der Waals surface area contributed by atoms with Gasteiger partial charge in [0.2, 0.25) is 5.91 Å². The second-order valence-electron chi connectivity index (χ2n) is 5.62. The Labute approximate surface area is 162 Å². The number of hydrazine groups is 1. The van der Waals surface area contributed by atoms with Crippen LogP contribution in [0.25, 0.3) is 0 Å². The van der Waals surface area contributed by atoms with Crippen molar-refractivity contribution in [2.75, 3.05) is 6.54 Å². The van der Waals surface area contributed by atoms with Crippen LogP contribution in [0.2, 0.25) is 0 Å². The van der Waals surface area contributed by atoms with E-state index in [1.807, 2.05) is 54.6 Å². The van der Waals surface area contributed by atoms with E-state index in [4.69, 9.17) is 10.3 Å². The van der Waals surface area contributed by atoms with Gasteiger partial charge >= 0.3 is 6.09 Å². The quantitative estimate of drug-likeness (QED) is 0.350. The first-order valence-electron chi connectivity index (χ1n) is 8.41. The van der Waals surface area contributed by atoms with E-state index in [9.17, 15) is 9.59 Å². The fraction of sp³-hybridized carbons (Fsp3) is 0.143. The molecular formula is C21H19N3O4. The van der Waals surface area contributed by atoms with E-state index >= 15 is 0 Å². The number of nitrogens with one attached hydrogen (secondary N) is 2. The van der Waals surface area contributed by atoms with Crippen LogP contribution < -0.4 is 10.9 Å². The number of hydrogen-bond acceptors (Lipinski definition) is 4. The summed E-state index contributed by atoms with van der Waals surface area (Å²) in [6, 6.07) is 16.9. The summed E-state index contributed by atoms with van der Waals surface area (Å²) >= 11 is 0. The largest absolute Gasteiger partial charge is 0.464 e. The van der Waals surface area contributed by atoms with Crippen molar-refractivity contribution in [1.29, 1.82) is 0 Å². The minimum absolute atomic E-state index is 0.0919. The van der Waals surface area contributed by atoms with Crippen molar-refractivity contribution in [1.82, 2.24) is 15.9 Å². The summed E-state index contributed by atoms with van der Waals surface area (Å²) < 4.78 is 0. The van der Waals surface area contributed by atoms with Crippen molar-refractivity contribution in [3.8, 4) is 23.7 Å². The van der Waals surface area contributed by atoms with Gasteiger partial charge in [0.05, 0.1) is 0 Å². The average Bonchev–Trinajstić information content (AvgIpc) is 2.72. The second-order valence-corrected chi connectivity index (χ2v) is 5.62. The van der Waals surface area contributed by atoms with Gasteiger partial charge in [-0.25, -0.2) is 20.7 Å². The summed E-state index contributed by atoms with van der Waals surface area (Å²) in [7, 11) is 0. The van der Waals surface area contributed by atoms with E-state index in [0.29, 0.717) is 0 Å². The molecule has 0 unspecified atom stereocenters. The fourth-order valence-electron chi connectivity index (χ4n) is 2.13. The van der Waals surface area contributed by atoms with E-state index in [2.05, 4.69) is 29.1 Å². The number of carbonyl (C=O) groups excluding carboxylic acids is 1. The number of nitrogens with zero attached hydrogens (tertiary/aromatic N) is 1. The molecule has 0 aromatic heterocycles. The third kappa shape index (κ3) is 7.22. The first kappa shape index (κ1) is 20.5. The first-order valence-corrected chi connectivity index (χ1v) is 8.41. The molecule has 0 radical (unpaired) electrons. The summed E-state index contributed by atoms with van der Waals surface area (Å²) in [5.74, 6) is 10.8. The minimum atomic E-state index is -1.22. The predicted octanol–water partition coefficient (Wildman–Crippen LogP) is 1.97. The summed E-state index contributed by atoms with van der Waals surface area (Å²) in [5, 5.41) is 18.5. The number of benzene rings is 2. The van der Waals surface area contributed by atoms with Crippen LogP contribution in [0.4, 0.5) is 4.79 Å². The molecule has 0 bridgehead atoms. The maximum atomic E-state index is 11.2. The SMILES string of the molecule is O=C(CCN(NCc1ccc(C#CC#Cc2ccccc2)cc1)C(=O)O)NO. The lowest BCUT2D eigenvalue weighted by atomic mass is 10.1. The van der Waals surface area contributed by atoms with E-state index in [0.717, 1.165) is 21.7 Å². The van der Waals surface area contributed by atoms with Gasteiger partial charge in [0.1, 0.15) is 0 Å². The third-order valence-corrected chi connectivity index (χ3v) is 3.60. The molecule has 7 heteroatoms. The highest BCUT2D eigenvalue weighted by Crippen LogP contribution is 2.04. The summed E-state index contributed by atoms with van der Waals surface area (Å²) in [6.45, 7) is 0.167. The fourth-order valence-corrected chi connectivity index (χ4v) is 2.13. The number of amides is 2. The van der Waals surface area contributed by atoms with E-state index < -0.39 is 12.0 Å². The molecular weight excluding hydrogens is 358 g/mol. The zero-order chi connectivity index (χ0) is 20.2. The Bertz CT molecular complexity index is 919. The van der Waals surface area contributed by atoms with Gasteiger partial charge in [-0.1, -0.05) is 42.2 Å². The Morgan fingerprint density at radius 1 is 0.929 bits per heavy atom. The molecule has 0 saturated carbocycles. The van der Waals surface area contributed by atoms with Gasteiger partial charge in [-0.3, -0.25) is 10.0 Å². The Hall–Kier alpha value is -3.78. The molecule has 0 fully saturated rings. The van der Waals surface area contributed by atoms with E-state index in [-0.39, 0.29) is 19.5 Å². The van der Waals surface area contributed by atoms with Crippen molar-refractivity contribution >= 4 is 12.0 Å². The summed E-state index contributed by atoms with van der Waals surface area (Å²) in [6.07, 6.45) is -1.38. The molecule has 0 aliphatic carbocycles. The van der Waals surface area contributed by atoms with Gasteiger partial charge in [0, 0.05) is 30.6 Å². The van der Waals surface area contributed by atoms with Gasteiger partial charge in [-0.15, -0.1) is 0 Å². The molecule has 0 heterocycles. The average molecular weight is 377 g/mol. The van der Waals surface area contributed by atoms with Gasteiger partial charge in [-0.2, -0.15) is 0 Å². The standard InChI is InChI=1S/C21H19N3O4/c25-20(23-28)14-15-24(21(26)27)22-16-19-12-10-18(11-13-19)9-5-4-8-17-6-2-1-3-7-17/h1-3,6-7,10-13,22,28H,14-16H2,(H,23,25)(H,26,27). The highest BCUT2D eigenvalue weighted by atomic mass is 16.5. The molecule has 2 amide bonds. The lowest BCUT2D eigenvalue weighted by Crippen LogP contribution is -2.43. The van der Waals surface area contributed by atoms with Crippen LogP contribution >= 0.6 is 0 Å². The molecule has 0 aliphatic rings. The van der Waals surface area contributed by atoms with Crippen LogP contribution in [-0.4, -0.2) is 33.9 Å². The molecule has 142 valence electrons. The van der Waals surface area contributed by atoms with Crippen LogP contribution in [0.15, 0.2) is 54.6 Å². The molecule has 0 aliphatic heterocycles. The van der Waals surface area contributed by atoms with Crippen LogP contribution in [0.3, 0.4) is 0 Å². The lowest BCUT2D eigenvalue weighted by molar-refractivity contribution is -0.129. The Kier molecular flexibility index (Phi) is 8.10. The molecule has 4 N–H and O–H groups in total. The zero-order valence-electron chi connectivity index (χ0n) is 15.0. The zero-order valence-corrected chi connectivity index (χ0v) is 15.0. The highest BCUT2D eigenvalue weighted by Gasteiger charge is 2.13. The minimum Gasteiger partial charge on any atom is -0.464 e. The Morgan fingerprint density at radius 3 is 2.11 bits per heavy atom. The Balaban J connectivity index is 1.88. The van der Waals surface area contributed by atoms with Crippen molar-refractivity contribution in [3.63, 3.8) is 0 Å². The number of rotatable bonds is 6. The molecule has 2 aromatic rings. The smallest absolute Gasteiger partial charge is 0.421 e. The van der Waals surface area contributed by atoms with E-state index in [1.54, 1.807) is 0 Å². The van der Waals surface area contributed by atoms with Crippen molar-refractivity contribution in [3.05, 3.63) is 71.3 Å². The Morgan fingerprint density at radius 2 is 1.54 bits per heavy atom. The van der Waals surface area contributed by atoms with Crippen LogP contribution in [0, 0.1) is 23.7 Å². The molecule has 0 atom stereocenters. The number of hydroxylamine groups is 1. The third-order valence-electron chi connectivity index (χ3n) is 3.60. The van der Waals surface area contributed by atoms with Gasteiger partial charge < -0.3 is 5.11 Å². The van der Waals surface area contributed by atoms with Gasteiger partial charge in [0.25, 0.3) is 0 Å². The molecule has 28 heavy (non-hydrogen) atoms. The number of carbonyl (C=O) groups is 2. The van der Waals surface area contributed by atoms with Crippen molar-refractivity contribution in [2.24, 2.45) is 0 Å². The summed E-state index contributed by atoms with van der Waals surface area (Å²) in [5.41, 5.74) is 6.72. The predicted molar refractivity (Wildman–Crippen MR) is 103 cm³/mol. The summed E-state index contributed by atoms with van der Waals surface area (Å²) in [4.78, 5) is 22.2. The topological polar surface area (TPSA) is 102 Å². The first-order chi connectivity index (χ1) is 13.6. The molecule has 2 rings (SSSR count). The van der Waals surface area contributed by atoms with Crippen LogP contribution in [-0.2, 0) is 11.3 Å². The molecule has 0 spiro atoms. The van der Waals surface area contributed by atoms with Crippen molar-refractivity contribution in [2.45, 2.75) is 13.0 Å². The van der Waals surface area contributed by atoms with Crippen LogP contribution in [0.5, 0.6) is 0 Å². The van der Waals surface area contributed by atoms with Crippen LogP contribution in [0.1, 0.15) is 23.1 Å². The second kappa shape index (κ2) is 11.0. The molecule has 2 aromatic carbocycles. The maximum absolute atomic E-state index is 11.2.